The first-order valence-electron chi connectivity index (χ1n) is 14.7. The summed E-state index contributed by atoms with van der Waals surface area (Å²) in [6.07, 6.45) is -2.57. The maximum atomic E-state index is 6.68. The molecule has 0 unspecified atom stereocenters. The van der Waals surface area contributed by atoms with E-state index in [4.69, 9.17) is 28.4 Å². The molecule has 1 heterocycles. The molecule has 42 heavy (non-hydrogen) atoms. The number of rotatable bonds is 15. The smallest absolute Gasteiger partial charge is 0.186 e. The molecule has 6 nitrogen and oxygen atoms in total. The van der Waals surface area contributed by atoms with Crippen molar-refractivity contribution < 1.29 is 28.4 Å². The van der Waals surface area contributed by atoms with Crippen LogP contribution in [0.15, 0.2) is 121 Å². The molecule has 5 rings (SSSR count). The van der Waals surface area contributed by atoms with E-state index >= 15 is 0 Å². The minimum absolute atomic E-state index is 0.314. The lowest BCUT2D eigenvalue weighted by Crippen LogP contribution is -2.61. The first-order chi connectivity index (χ1) is 20.8. The quantitative estimate of drug-likeness (QED) is 0.159. The summed E-state index contributed by atoms with van der Waals surface area (Å²) in [5.41, 5.74) is 4.29. The third-order valence-corrected chi connectivity index (χ3v) is 7.17. The summed E-state index contributed by atoms with van der Waals surface area (Å²) in [5.74, 6) is 0. The van der Waals surface area contributed by atoms with Crippen LogP contribution in [0.4, 0.5) is 0 Å². The second-order valence-corrected chi connectivity index (χ2v) is 10.3. The van der Waals surface area contributed by atoms with E-state index in [1.54, 1.807) is 0 Å². The highest BCUT2D eigenvalue weighted by atomic mass is 16.7. The molecule has 1 saturated heterocycles. The molecule has 1 aliphatic rings. The Bertz CT molecular complexity index is 1270. The minimum Gasteiger partial charge on any atom is -0.374 e. The molecule has 4 aromatic carbocycles. The second-order valence-electron chi connectivity index (χ2n) is 10.3. The van der Waals surface area contributed by atoms with Crippen molar-refractivity contribution in [3.8, 4) is 0 Å². The fourth-order valence-corrected chi connectivity index (χ4v) is 5.05. The molecule has 0 bridgehead atoms. The number of hydrogen-bond donors (Lipinski definition) is 0. The first-order valence-corrected chi connectivity index (χ1v) is 14.7. The van der Waals surface area contributed by atoms with Gasteiger partial charge in [-0.3, -0.25) is 0 Å². The van der Waals surface area contributed by atoms with Gasteiger partial charge in [0.2, 0.25) is 0 Å². The molecule has 0 spiro atoms. The maximum absolute atomic E-state index is 6.68. The molecule has 0 aliphatic carbocycles. The summed E-state index contributed by atoms with van der Waals surface area (Å²) in [7, 11) is 0. The van der Waals surface area contributed by atoms with E-state index in [-0.39, 0.29) is 0 Å². The Kier molecular flexibility index (Phi) is 11.7. The van der Waals surface area contributed by atoms with E-state index in [1.807, 2.05) is 104 Å². The highest BCUT2D eigenvalue weighted by Gasteiger charge is 2.49. The SMILES string of the molecule is CCO[C@@H]1O[C@H](COCc2ccccc2)[C@@H](OCc2ccccc2)[C@H](OCc2ccccc2)[C@H]1OCc1ccccc1. The fourth-order valence-electron chi connectivity index (χ4n) is 5.05. The van der Waals surface area contributed by atoms with Gasteiger partial charge in [0.1, 0.15) is 24.4 Å². The normalized spacial score (nSPS) is 22.2. The largest absolute Gasteiger partial charge is 0.374 e. The number of benzene rings is 4. The third kappa shape index (κ3) is 8.82. The van der Waals surface area contributed by atoms with Gasteiger partial charge in [0.15, 0.2) is 6.29 Å². The summed E-state index contributed by atoms with van der Waals surface area (Å²) >= 11 is 0. The topological polar surface area (TPSA) is 55.4 Å². The van der Waals surface area contributed by atoms with Crippen molar-refractivity contribution in [2.24, 2.45) is 0 Å². The summed E-state index contributed by atoms with van der Waals surface area (Å²) in [6.45, 7) is 4.40. The first kappa shape index (κ1) is 30.1. The highest BCUT2D eigenvalue weighted by Crippen LogP contribution is 2.31. The van der Waals surface area contributed by atoms with Crippen LogP contribution in [-0.4, -0.2) is 43.9 Å². The van der Waals surface area contributed by atoms with Crippen LogP contribution in [0.5, 0.6) is 0 Å². The van der Waals surface area contributed by atoms with Gasteiger partial charge < -0.3 is 28.4 Å². The van der Waals surface area contributed by atoms with E-state index < -0.39 is 30.7 Å². The van der Waals surface area contributed by atoms with Crippen molar-refractivity contribution in [1.82, 2.24) is 0 Å². The molecular weight excluding hydrogens is 528 g/mol. The van der Waals surface area contributed by atoms with Gasteiger partial charge in [0.25, 0.3) is 0 Å². The van der Waals surface area contributed by atoms with Crippen LogP contribution >= 0.6 is 0 Å². The van der Waals surface area contributed by atoms with Gasteiger partial charge >= 0.3 is 0 Å². The van der Waals surface area contributed by atoms with Crippen LogP contribution in [0.1, 0.15) is 29.2 Å². The Hall–Kier alpha value is -3.36. The molecule has 220 valence electrons. The van der Waals surface area contributed by atoms with Gasteiger partial charge in [-0.15, -0.1) is 0 Å². The predicted molar refractivity (Wildman–Crippen MR) is 161 cm³/mol. The van der Waals surface area contributed by atoms with Gasteiger partial charge in [-0.05, 0) is 29.2 Å². The van der Waals surface area contributed by atoms with Gasteiger partial charge in [-0.2, -0.15) is 0 Å². The summed E-state index contributed by atoms with van der Waals surface area (Å²) in [5, 5.41) is 0. The van der Waals surface area contributed by atoms with Crippen LogP contribution < -0.4 is 0 Å². The summed E-state index contributed by atoms with van der Waals surface area (Å²) in [6, 6.07) is 40.5. The molecule has 1 aliphatic heterocycles. The molecule has 6 heteroatoms. The van der Waals surface area contributed by atoms with Crippen LogP contribution in [-0.2, 0) is 54.8 Å². The van der Waals surface area contributed by atoms with Gasteiger partial charge in [0.05, 0.1) is 33.0 Å². The standard InChI is InChI=1S/C36H40O6/c1-2-38-36-35(41-26-31-21-13-6-14-22-31)34(40-25-30-19-11-5-12-20-30)33(39-24-29-17-9-4-10-18-29)32(42-36)27-37-23-28-15-7-3-8-16-28/h3-22,32-36H,2,23-27H2,1H3/t32-,33-,34+,35-,36-/m1/s1. The molecule has 0 N–H and O–H groups in total. The molecule has 0 aromatic heterocycles. The van der Waals surface area contributed by atoms with E-state index in [1.165, 1.54) is 0 Å². The Morgan fingerprint density at radius 1 is 0.476 bits per heavy atom. The average Bonchev–Trinajstić information content (AvgIpc) is 3.05. The second kappa shape index (κ2) is 16.3. The zero-order valence-electron chi connectivity index (χ0n) is 24.1. The Balaban J connectivity index is 1.40. The zero-order chi connectivity index (χ0) is 28.8. The van der Waals surface area contributed by atoms with Crippen molar-refractivity contribution in [3.63, 3.8) is 0 Å². The van der Waals surface area contributed by atoms with Crippen molar-refractivity contribution in [2.45, 2.75) is 64.1 Å². The van der Waals surface area contributed by atoms with Crippen LogP contribution in [0.2, 0.25) is 0 Å². The Labute approximate surface area is 249 Å². The monoisotopic (exact) mass is 568 g/mol. The summed E-state index contributed by atoms with van der Waals surface area (Å²) < 4.78 is 38.7. The van der Waals surface area contributed by atoms with Crippen LogP contribution in [0.25, 0.3) is 0 Å². The number of ether oxygens (including phenoxy) is 6. The van der Waals surface area contributed by atoms with E-state index in [0.29, 0.717) is 39.6 Å². The lowest BCUT2D eigenvalue weighted by atomic mass is 9.97. The lowest BCUT2D eigenvalue weighted by molar-refractivity contribution is -0.327. The van der Waals surface area contributed by atoms with Crippen molar-refractivity contribution in [1.29, 1.82) is 0 Å². The van der Waals surface area contributed by atoms with Crippen LogP contribution in [0.3, 0.4) is 0 Å². The highest BCUT2D eigenvalue weighted by molar-refractivity contribution is 5.16. The third-order valence-electron chi connectivity index (χ3n) is 7.17. The van der Waals surface area contributed by atoms with Crippen molar-refractivity contribution in [3.05, 3.63) is 144 Å². The van der Waals surface area contributed by atoms with Gasteiger partial charge in [-0.25, -0.2) is 0 Å². The lowest BCUT2D eigenvalue weighted by Gasteiger charge is -2.45. The maximum Gasteiger partial charge on any atom is 0.186 e. The fraction of sp³-hybridized carbons (Fsp3) is 0.333. The molecular formula is C36H40O6. The average molecular weight is 569 g/mol. The van der Waals surface area contributed by atoms with Crippen molar-refractivity contribution >= 4 is 0 Å². The van der Waals surface area contributed by atoms with E-state index in [2.05, 4.69) is 24.3 Å². The number of hydrogen-bond acceptors (Lipinski definition) is 6. The Morgan fingerprint density at radius 2 is 0.881 bits per heavy atom. The van der Waals surface area contributed by atoms with Gasteiger partial charge in [-0.1, -0.05) is 121 Å². The minimum atomic E-state index is -0.651. The molecule has 5 atom stereocenters. The van der Waals surface area contributed by atoms with Crippen LogP contribution in [0, 0.1) is 0 Å². The molecule has 4 aromatic rings. The molecule has 0 radical (unpaired) electrons. The van der Waals surface area contributed by atoms with E-state index in [9.17, 15) is 0 Å². The zero-order valence-corrected chi connectivity index (χ0v) is 24.1. The van der Waals surface area contributed by atoms with E-state index in [0.717, 1.165) is 22.3 Å². The van der Waals surface area contributed by atoms with Gasteiger partial charge in [0, 0.05) is 6.61 Å². The Morgan fingerprint density at radius 3 is 1.33 bits per heavy atom. The molecule has 0 saturated carbocycles. The summed E-state index contributed by atoms with van der Waals surface area (Å²) in [4.78, 5) is 0. The van der Waals surface area contributed by atoms with Crippen molar-refractivity contribution in [2.75, 3.05) is 13.2 Å². The molecule has 1 fully saturated rings. The molecule has 0 amide bonds. The predicted octanol–water partition coefficient (Wildman–Crippen LogP) is 6.72.